The van der Waals surface area contributed by atoms with Crippen LogP contribution >= 0.6 is 0 Å². The molecule has 0 atom stereocenters. The summed E-state index contributed by atoms with van der Waals surface area (Å²) in [4.78, 5) is 12.5. The first-order valence-electron chi connectivity index (χ1n) is 8.75. The molecule has 0 aliphatic rings. The fourth-order valence-corrected chi connectivity index (χ4v) is 3.11. The van der Waals surface area contributed by atoms with Gasteiger partial charge in [-0.05, 0) is 60.5 Å². The summed E-state index contributed by atoms with van der Waals surface area (Å²) in [6.45, 7) is 5.67. The van der Waals surface area contributed by atoms with Crippen molar-refractivity contribution in [3.05, 3.63) is 64.9 Å². The highest BCUT2D eigenvalue weighted by molar-refractivity contribution is 5.96. The Bertz CT molecular complexity index is 1190. The molecular formula is C20H18FN5O2. The van der Waals surface area contributed by atoms with Gasteiger partial charge >= 0.3 is 0 Å². The van der Waals surface area contributed by atoms with Crippen LogP contribution in [0.5, 0.6) is 0 Å². The van der Waals surface area contributed by atoms with E-state index in [4.69, 9.17) is 4.42 Å². The number of benzene rings is 2. The lowest BCUT2D eigenvalue weighted by molar-refractivity contribution is -0.115. The van der Waals surface area contributed by atoms with E-state index >= 15 is 0 Å². The van der Waals surface area contributed by atoms with Gasteiger partial charge in [0.15, 0.2) is 5.82 Å². The summed E-state index contributed by atoms with van der Waals surface area (Å²) in [7, 11) is 0. The van der Waals surface area contributed by atoms with Crippen LogP contribution in [0.25, 0.3) is 16.7 Å². The number of carbonyl (C=O) groups excluding carboxylic acids is 1. The van der Waals surface area contributed by atoms with Crippen LogP contribution in [0.3, 0.4) is 0 Å². The number of tetrazole rings is 1. The smallest absolute Gasteiger partial charge is 0.228 e. The van der Waals surface area contributed by atoms with Crippen molar-refractivity contribution in [2.75, 3.05) is 5.32 Å². The molecule has 0 spiro atoms. The van der Waals surface area contributed by atoms with E-state index in [-0.39, 0.29) is 18.0 Å². The summed E-state index contributed by atoms with van der Waals surface area (Å²) in [6, 6.07) is 8.23. The van der Waals surface area contributed by atoms with Gasteiger partial charge in [0.2, 0.25) is 5.91 Å². The Morgan fingerprint density at radius 3 is 2.79 bits per heavy atom. The number of amides is 1. The van der Waals surface area contributed by atoms with Gasteiger partial charge in [0, 0.05) is 16.6 Å². The summed E-state index contributed by atoms with van der Waals surface area (Å²) in [5.74, 6) is -0.273. The van der Waals surface area contributed by atoms with Gasteiger partial charge in [-0.1, -0.05) is 12.1 Å². The predicted molar refractivity (Wildman–Crippen MR) is 102 cm³/mol. The van der Waals surface area contributed by atoms with Crippen LogP contribution in [-0.4, -0.2) is 26.1 Å². The van der Waals surface area contributed by atoms with E-state index < -0.39 is 5.82 Å². The third-order valence-corrected chi connectivity index (χ3v) is 4.78. The summed E-state index contributed by atoms with van der Waals surface area (Å²) in [5, 5.41) is 14.8. The molecule has 0 aliphatic carbocycles. The van der Waals surface area contributed by atoms with E-state index in [2.05, 4.69) is 20.8 Å². The van der Waals surface area contributed by atoms with Crippen molar-refractivity contribution in [1.82, 2.24) is 20.2 Å². The number of carbonyl (C=O) groups is 1. The fourth-order valence-electron chi connectivity index (χ4n) is 3.11. The number of anilines is 1. The van der Waals surface area contributed by atoms with Crippen LogP contribution < -0.4 is 5.32 Å². The van der Waals surface area contributed by atoms with Crippen molar-refractivity contribution in [2.45, 2.75) is 27.2 Å². The van der Waals surface area contributed by atoms with Crippen LogP contribution in [0.15, 0.2) is 41.0 Å². The van der Waals surface area contributed by atoms with Gasteiger partial charge in [-0.15, -0.1) is 5.10 Å². The van der Waals surface area contributed by atoms with Gasteiger partial charge in [-0.2, -0.15) is 4.68 Å². The Hall–Kier alpha value is -3.55. The molecule has 0 unspecified atom stereocenters. The molecule has 0 aliphatic heterocycles. The quantitative estimate of drug-likeness (QED) is 0.585. The number of rotatable bonds is 4. The van der Waals surface area contributed by atoms with Crippen molar-refractivity contribution >= 4 is 22.6 Å². The van der Waals surface area contributed by atoms with Crippen LogP contribution in [0.1, 0.15) is 22.5 Å². The molecule has 4 aromatic rings. The molecule has 1 N–H and O–H groups in total. The SMILES string of the molecule is Cc1ccc2c(CC(=O)Nc3ccc(F)c(-n4nnnc4C)c3)coc2c1C. The first kappa shape index (κ1) is 17.8. The van der Waals surface area contributed by atoms with Crippen LogP contribution in [0, 0.1) is 26.6 Å². The molecular weight excluding hydrogens is 361 g/mol. The first-order valence-corrected chi connectivity index (χ1v) is 8.75. The second-order valence-corrected chi connectivity index (χ2v) is 6.67. The highest BCUT2D eigenvalue weighted by Crippen LogP contribution is 2.27. The summed E-state index contributed by atoms with van der Waals surface area (Å²) < 4.78 is 21.1. The zero-order valence-electron chi connectivity index (χ0n) is 15.7. The minimum Gasteiger partial charge on any atom is -0.464 e. The van der Waals surface area contributed by atoms with E-state index in [0.29, 0.717) is 11.5 Å². The second-order valence-electron chi connectivity index (χ2n) is 6.67. The number of fused-ring (bicyclic) bond motifs is 1. The van der Waals surface area contributed by atoms with Gasteiger partial charge in [0.25, 0.3) is 0 Å². The highest BCUT2D eigenvalue weighted by atomic mass is 19.1. The molecule has 0 saturated heterocycles. The standard InChI is InChI=1S/C20H18FN5O2/c1-11-4-6-16-14(10-28-20(16)12(11)2)8-19(27)22-15-5-7-17(21)18(9-15)26-13(3)23-24-25-26/h4-7,9-10H,8H2,1-3H3,(H,22,27). The van der Waals surface area contributed by atoms with Crippen molar-refractivity contribution in [3.8, 4) is 5.69 Å². The van der Waals surface area contributed by atoms with Crippen molar-refractivity contribution in [1.29, 1.82) is 0 Å². The lowest BCUT2D eigenvalue weighted by Crippen LogP contribution is -2.15. The lowest BCUT2D eigenvalue weighted by Gasteiger charge is -2.09. The summed E-state index contributed by atoms with van der Waals surface area (Å²) in [5.41, 5.74) is 4.41. The van der Waals surface area contributed by atoms with Crippen molar-refractivity contribution in [2.24, 2.45) is 0 Å². The number of halogens is 1. The molecule has 142 valence electrons. The van der Waals surface area contributed by atoms with Crippen LogP contribution in [0.2, 0.25) is 0 Å². The summed E-state index contributed by atoms with van der Waals surface area (Å²) in [6.07, 6.45) is 1.75. The highest BCUT2D eigenvalue weighted by Gasteiger charge is 2.15. The van der Waals surface area contributed by atoms with Gasteiger partial charge in [-0.3, -0.25) is 4.79 Å². The number of nitrogens with one attached hydrogen (secondary N) is 1. The number of furan rings is 1. The molecule has 2 aromatic carbocycles. The Kier molecular flexibility index (Phi) is 4.38. The maximum Gasteiger partial charge on any atom is 0.228 e. The number of hydrogen-bond donors (Lipinski definition) is 1. The first-order chi connectivity index (χ1) is 13.4. The Labute approximate surface area is 160 Å². The lowest BCUT2D eigenvalue weighted by atomic mass is 10.0. The average Bonchev–Trinajstić information content (AvgIpc) is 3.26. The minimum atomic E-state index is -0.486. The van der Waals surface area contributed by atoms with Gasteiger partial charge < -0.3 is 9.73 Å². The number of nitrogens with zero attached hydrogens (tertiary/aromatic N) is 4. The molecule has 28 heavy (non-hydrogen) atoms. The van der Waals surface area contributed by atoms with Gasteiger partial charge in [0.1, 0.15) is 17.1 Å². The third kappa shape index (κ3) is 3.13. The maximum absolute atomic E-state index is 14.2. The molecule has 7 nitrogen and oxygen atoms in total. The zero-order chi connectivity index (χ0) is 19.8. The average molecular weight is 379 g/mol. The van der Waals surface area contributed by atoms with E-state index in [1.54, 1.807) is 13.2 Å². The number of aryl methyl sites for hydroxylation is 3. The maximum atomic E-state index is 14.2. The molecule has 1 amide bonds. The molecule has 4 rings (SSSR count). The van der Waals surface area contributed by atoms with Crippen LogP contribution in [-0.2, 0) is 11.2 Å². The molecule has 0 saturated carbocycles. The van der Waals surface area contributed by atoms with Gasteiger partial charge in [0.05, 0.1) is 12.7 Å². The summed E-state index contributed by atoms with van der Waals surface area (Å²) >= 11 is 0. The Balaban J connectivity index is 1.57. The molecule has 0 bridgehead atoms. The molecule has 0 fully saturated rings. The largest absolute Gasteiger partial charge is 0.464 e. The number of hydrogen-bond acceptors (Lipinski definition) is 5. The molecule has 8 heteroatoms. The fraction of sp³-hybridized carbons (Fsp3) is 0.200. The van der Waals surface area contributed by atoms with Gasteiger partial charge in [-0.25, -0.2) is 4.39 Å². The van der Waals surface area contributed by atoms with E-state index in [1.165, 1.54) is 22.9 Å². The monoisotopic (exact) mass is 379 g/mol. The van der Waals surface area contributed by atoms with E-state index in [9.17, 15) is 9.18 Å². The number of aromatic nitrogens is 4. The third-order valence-electron chi connectivity index (χ3n) is 4.78. The minimum absolute atomic E-state index is 0.145. The van der Waals surface area contributed by atoms with Crippen molar-refractivity contribution in [3.63, 3.8) is 0 Å². The van der Waals surface area contributed by atoms with E-state index in [1.807, 2.05) is 26.0 Å². The molecule has 2 aromatic heterocycles. The zero-order valence-corrected chi connectivity index (χ0v) is 15.7. The van der Waals surface area contributed by atoms with E-state index in [0.717, 1.165) is 27.7 Å². The molecule has 0 radical (unpaired) electrons. The Morgan fingerprint density at radius 2 is 2.04 bits per heavy atom. The topological polar surface area (TPSA) is 85.8 Å². The predicted octanol–water partition coefficient (Wildman–Crippen LogP) is 3.65. The van der Waals surface area contributed by atoms with Crippen molar-refractivity contribution < 1.29 is 13.6 Å². The second kappa shape index (κ2) is 6.88. The molecule has 2 heterocycles. The Morgan fingerprint density at radius 1 is 1.21 bits per heavy atom. The van der Waals surface area contributed by atoms with Crippen LogP contribution in [0.4, 0.5) is 10.1 Å². The normalized spacial score (nSPS) is 11.1.